The summed E-state index contributed by atoms with van der Waals surface area (Å²) in [5.74, 6) is 1.57. The summed E-state index contributed by atoms with van der Waals surface area (Å²) >= 11 is 0. The number of fused-ring (bicyclic) bond motifs is 1. The van der Waals surface area contributed by atoms with E-state index in [4.69, 9.17) is 14.2 Å². The number of aromatic amines is 1. The lowest BCUT2D eigenvalue weighted by molar-refractivity contribution is 0.103. The van der Waals surface area contributed by atoms with Crippen LogP contribution in [0.3, 0.4) is 0 Å². The molecular formula is C18H17NO4. The first-order valence-corrected chi connectivity index (χ1v) is 7.10. The van der Waals surface area contributed by atoms with Gasteiger partial charge in [-0.1, -0.05) is 6.07 Å². The maximum absolute atomic E-state index is 12.9. The second-order valence-electron chi connectivity index (χ2n) is 4.98. The SMILES string of the molecule is COc1ccc2c(C(=O)c3cccc(OC)c3OC)c[nH]c2c1. The molecule has 0 saturated heterocycles. The van der Waals surface area contributed by atoms with E-state index in [0.29, 0.717) is 22.6 Å². The van der Waals surface area contributed by atoms with Gasteiger partial charge in [0.15, 0.2) is 17.3 Å². The van der Waals surface area contributed by atoms with E-state index < -0.39 is 0 Å². The zero-order valence-corrected chi connectivity index (χ0v) is 13.2. The van der Waals surface area contributed by atoms with Gasteiger partial charge < -0.3 is 19.2 Å². The van der Waals surface area contributed by atoms with E-state index in [2.05, 4.69) is 4.98 Å². The van der Waals surface area contributed by atoms with Crippen LogP contribution in [0.5, 0.6) is 17.2 Å². The van der Waals surface area contributed by atoms with Crippen LogP contribution in [-0.2, 0) is 0 Å². The van der Waals surface area contributed by atoms with Crippen LogP contribution in [0.15, 0.2) is 42.6 Å². The lowest BCUT2D eigenvalue weighted by Crippen LogP contribution is -2.04. The third-order valence-electron chi connectivity index (χ3n) is 3.78. The quantitative estimate of drug-likeness (QED) is 0.733. The standard InChI is InChI=1S/C18H17NO4/c1-21-11-7-8-12-14(10-19-15(12)9-11)17(20)13-5-4-6-16(22-2)18(13)23-3/h4-10,19H,1-3H3. The zero-order chi connectivity index (χ0) is 16.4. The zero-order valence-electron chi connectivity index (χ0n) is 13.2. The van der Waals surface area contributed by atoms with Crippen molar-refractivity contribution in [3.63, 3.8) is 0 Å². The Bertz CT molecular complexity index is 867. The van der Waals surface area contributed by atoms with Crippen molar-refractivity contribution in [2.75, 3.05) is 21.3 Å². The van der Waals surface area contributed by atoms with Crippen molar-refractivity contribution in [1.29, 1.82) is 0 Å². The van der Waals surface area contributed by atoms with Crippen molar-refractivity contribution >= 4 is 16.7 Å². The Hall–Kier alpha value is -2.95. The number of nitrogens with one attached hydrogen (secondary N) is 1. The average molecular weight is 311 g/mol. The fourth-order valence-electron chi connectivity index (χ4n) is 2.63. The van der Waals surface area contributed by atoms with E-state index in [0.717, 1.165) is 16.7 Å². The van der Waals surface area contributed by atoms with Crippen LogP contribution < -0.4 is 14.2 Å². The number of para-hydroxylation sites is 1. The molecule has 23 heavy (non-hydrogen) atoms. The van der Waals surface area contributed by atoms with E-state index in [1.807, 2.05) is 18.2 Å². The Labute approximate surface area is 133 Å². The minimum absolute atomic E-state index is 0.128. The van der Waals surface area contributed by atoms with Crippen molar-refractivity contribution < 1.29 is 19.0 Å². The molecule has 1 heterocycles. The fraction of sp³-hybridized carbons (Fsp3) is 0.167. The molecule has 0 aliphatic heterocycles. The normalized spacial score (nSPS) is 10.6. The second kappa shape index (κ2) is 6.04. The smallest absolute Gasteiger partial charge is 0.199 e. The molecule has 0 unspecified atom stereocenters. The van der Waals surface area contributed by atoms with Crippen LogP contribution in [0.1, 0.15) is 15.9 Å². The predicted molar refractivity (Wildman–Crippen MR) is 87.8 cm³/mol. The van der Waals surface area contributed by atoms with E-state index in [9.17, 15) is 4.79 Å². The number of rotatable bonds is 5. The van der Waals surface area contributed by atoms with E-state index >= 15 is 0 Å². The highest BCUT2D eigenvalue weighted by Crippen LogP contribution is 2.33. The highest BCUT2D eigenvalue weighted by molar-refractivity contribution is 6.17. The van der Waals surface area contributed by atoms with Gasteiger partial charge >= 0.3 is 0 Å². The molecule has 0 amide bonds. The molecule has 118 valence electrons. The van der Waals surface area contributed by atoms with Gasteiger partial charge in [-0.3, -0.25) is 4.79 Å². The topological polar surface area (TPSA) is 60.6 Å². The molecule has 0 atom stereocenters. The van der Waals surface area contributed by atoms with Crippen LogP contribution in [0, 0.1) is 0 Å². The minimum Gasteiger partial charge on any atom is -0.497 e. The summed E-state index contributed by atoms with van der Waals surface area (Å²) in [5.41, 5.74) is 1.88. The molecule has 0 aliphatic rings. The van der Waals surface area contributed by atoms with Gasteiger partial charge in [-0.2, -0.15) is 0 Å². The monoisotopic (exact) mass is 311 g/mol. The third-order valence-corrected chi connectivity index (χ3v) is 3.78. The first-order valence-electron chi connectivity index (χ1n) is 7.10. The van der Waals surface area contributed by atoms with E-state index in [1.165, 1.54) is 7.11 Å². The largest absolute Gasteiger partial charge is 0.497 e. The van der Waals surface area contributed by atoms with Gasteiger partial charge in [-0.15, -0.1) is 0 Å². The number of methoxy groups -OCH3 is 3. The number of H-pyrrole nitrogens is 1. The molecule has 3 rings (SSSR count). The van der Waals surface area contributed by atoms with Crippen molar-refractivity contribution in [2.24, 2.45) is 0 Å². The number of hydrogen-bond donors (Lipinski definition) is 1. The second-order valence-corrected chi connectivity index (χ2v) is 4.98. The number of carbonyl (C=O) groups is 1. The van der Waals surface area contributed by atoms with Gasteiger partial charge in [0.1, 0.15) is 5.75 Å². The van der Waals surface area contributed by atoms with Gasteiger partial charge in [-0.25, -0.2) is 0 Å². The minimum atomic E-state index is -0.128. The van der Waals surface area contributed by atoms with E-state index in [-0.39, 0.29) is 5.78 Å². The summed E-state index contributed by atoms with van der Waals surface area (Å²) in [6.45, 7) is 0. The van der Waals surface area contributed by atoms with Crippen LogP contribution in [0.25, 0.3) is 10.9 Å². The van der Waals surface area contributed by atoms with Gasteiger partial charge in [0.25, 0.3) is 0 Å². The Morgan fingerprint density at radius 2 is 1.78 bits per heavy atom. The molecule has 3 aromatic rings. The fourth-order valence-corrected chi connectivity index (χ4v) is 2.63. The lowest BCUT2D eigenvalue weighted by Gasteiger charge is -2.11. The van der Waals surface area contributed by atoms with Crippen molar-refractivity contribution in [1.82, 2.24) is 4.98 Å². The Kier molecular flexibility index (Phi) is 3.93. The highest BCUT2D eigenvalue weighted by atomic mass is 16.5. The number of ether oxygens (including phenoxy) is 3. The first kappa shape index (κ1) is 15.0. The maximum atomic E-state index is 12.9. The van der Waals surface area contributed by atoms with E-state index in [1.54, 1.807) is 38.6 Å². The maximum Gasteiger partial charge on any atom is 0.199 e. The number of aromatic nitrogens is 1. The summed E-state index contributed by atoms with van der Waals surface area (Å²) in [6.07, 6.45) is 1.70. The number of hydrogen-bond acceptors (Lipinski definition) is 4. The molecule has 0 fully saturated rings. The Morgan fingerprint density at radius 1 is 0.957 bits per heavy atom. The molecule has 5 heteroatoms. The van der Waals surface area contributed by atoms with Crippen molar-refractivity contribution in [3.05, 3.63) is 53.7 Å². The molecule has 0 radical (unpaired) electrons. The number of ketones is 1. The van der Waals surface area contributed by atoms with Gasteiger partial charge in [-0.05, 0) is 24.3 Å². The molecule has 0 aliphatic carbocycles. The Morgan fingerprint density at radius 3 is 2.48 bits per heavy atom. The average Bonchev–Trinajstić information content (AvgIpc) is 3.03. The molecule has 0 spiro atoms. The Balaban J connectivity index is 2.11. The molecule has 0 saturated carbocycles. The molecule has 0 bridgehead atoms. The predicted octanol–water partition coefficient (Wildman–Crippen LogP) is 3.42. The van der Waals surface area contributed by atoms with Gasteiger partial charge in [0, 0.05) is 28.7 Å². The van der Waals surface area contributed by atoms with Gasteiger partial charge in [0.2, 0.25) is 0 Å². The van der Waals surface area contributed by atoms with Crippen LogP contribution in [0.4, 0.5) is 0 Å². The molecule has 1 aromatic heterocycles. The highest BCUT2D eigenvalue weighted by Gasteiger charge is 2.20. The van der Waals surface area contributed by atoms with Crippen molar-refractivity contribution in [3.8, 4) is 17.2 Å². The summed E-state index contributed by atoms with van der Waals surface area (Å²) in [6, 6.07) is 10.8. The summed E-state index contributed by atoms with van der Waals surface area (Å²) in [5, 5.41) is 0.834. The molecule has 1 N–H and O–H groups in total. The summed E-state index contributed by atoms with van der Waals surface area (Å²) < 4.78 is 15.8. The molecule has 2 aromatic carbocycles. The van der Waals surface area contributed by atoms with Gasteiger partial charge in [0.05, 0.1) is 26.9 Å². The van der Waals surface area contributed by atoms with Crippen LogP contribution >= 0.6 is 0 Å². The van der Waals surface area contributed by atoms with Crippen molar-refractivity contribution in [2.45, 2.75) is 0 Å². The number of carbonyl (C=O) groups excluding carboxylic acids is 1. The third kappa shape index (κ3) is 2.50. The first-order chi connectivity index (χ1) is 11.2. The van der Waals surface area contributed by atoms with Crippen LogP contribution in [-0.4, -0.2) is 32.1 Å². The molecule has 5 nitrogen and oxygen atoms in total. The molecular weight excluding hydrogens is 294 g/mol. The number of benzene rings is 2. The summed E-state index contributed by atoms with van der Waals surface area (Å²) in [4.78, 5) is 16.0. The lowest BCUT2D eigenvalue weighted by atomic mass is 10.0. The summed E-state index contributed by atoms with van der Waals surface area (Å²) in [7, 11) is 4.68. The van der Waals surface area contributed by atoms with Crippen LogP contribution in [0.2, 0.25) is 0 Å².